The van der Waals surface area contributed by atoms with E-state index in [4.69, 9.17) is 4.74 Å². The fourth-order valence-corrected chi connectivity index (χ4v) is 2.63. The number of hydrogen-bond donors (Lipinski definition) is 0. The van der Waals surface area contributed by atoms with Crippen LogP contribution in [0.1, 0.15) is 35.7 Å². The van der Waals surface area contributed by atoms with Crippen molar-refractivity contribution >= 4 is 17.8 Å². The lowest BCUT2D eigenvalue weighted by Crippen LogP contribution is -2.53. The van der Waals surface area contributed by atoms with Gasteiger partial charge in [-0.05, 0) is 38.8 Å². The summed E-state index contributed by atoms with van der Waals surface area (Å²) in [5, 5.41) is 0. The Hall–Kier alpha value is -2.43. The van der Waals surface area contributed by atoms with Crippen molar-refractivity contribution in [3.8, 4) is 0 Å². The van der Waals surface area contributed by atoms with Crippen LogP contribution in [0.5, 0.6) is 0 Å². The molecule has 1 atom stereocenters. The van der Waals surface area contributed by atoms with Gasteiger partial charge in [-0.1, -0.05) is 30.4 Å². The van der Waals surface area contributed by atoms with E-state index in [1.807, 2.05) is 19.1 Å². The molecule has 122 valence electrons. The lowest BCUT2D eigenvalue weighted by molar-refractivity contribution is -0.165. The standard InChI is InChI=1S/C18H21NO4/c1-4-12-23-17(22)18(3)10-5-11-19(16(18)21)15(20)14-8-6-13(2)7-9-14/h4,6-9H,1,5,10-12H2,2-3H3. The number of aryl methyl sites for hydroxylation is 1. The first-order valence-corrected chi connectivity index (χ1v) is 7.61. The van der Waals surface area contributed by atoms with E-state index in [0.717, 1.165) is 10.5 Å². The zero-order valence-corrected chi connectivity index (χ0v) is 13.5. The first-order chi connectivity index (χ1) is 10.9. The van der Waals surface area contributed by atoms with Crippen molar-refractivity contribution in [1.82, 2.24) is 4.90 Å². The van der Waals surface area contributed by atoms with Crippen molar-refractivity contribution in [2.75, 3.05) is 13.2 Å². The third-order valence-corrected chi connectivity index (χ3v) is 4.10. The number of likely N-dealkylation sites (tertiary alicyclic amines) is 1. The van der Waals surface area contributed by atoms with Crippen LogP contribution in [0, 0.1) is 12.3 Å². The van der Waals surface area contributed by atoms with Crippen molar-refractivity contribution in [3.05, 3.63) is 48.0 Å². The number of rotatable bonds is 4. The molecule has 1 heterocycles. The number of imide groups is 1. The molecule has 0 aromatic heterocycles. The Balaban J connectivity index is 2.21. The second-order valence-electron chi connectivity index (χ2n) is 5.95. The Morgan fingerprint density at radius 3 is 2.61 bits per heavy atom. The quantitative estimate of drug-likeness (QED) is 0.371. The molecule has 1 aliphatic heterocycles. The van der Waals surface area contributed by atoms with E-state index in [9.17, 15) is 14.4 Å². The van der Waals surface area contributed by atoms with Crippen LogP contribution in [0.25, 0.3) is 0 Å². The van der Waals surface area contributed by atoms with Crippen molar-refractivity contribution in [3.63, 3.8) is 0 Å². The minimum absolute atomic E-state index is 0.0492. The molecule has 23 heavy (non-hydrogen) atoms. The highest BCUT2D eigenvalue weighted by Gasteiger charge is 2.49. The van der Waals surface area contributed by atoms with Gasteiger partial charge >= 0.3 is 5.97 Å². The van der Waals surface area contributed by atoms with E-state index in [1.54, 1.807) is 12.1 Å². The summed E-state index contributed by atoms with van der Waals surface area (Å²) < 4.78 is 5.04. The molecule has 0 spiro atoms. The largest absolute Gasteiger partial charge is 0.461 e. The SMILES string of the molecule is C=CCOC(=O)C1(C)CCCN(C(=O)c2ccc(C)cc2)C1=O. The molecule has 5 nitrogen and oxygen atoms in total. The second-order valence-corrected chi connectivity index (χ2v) is 5.95. The topological polar surface area (TPSA) is 63.7 Å². The fourth-order valence-electron chi connectivity index (χ4n) is 2.63. The summed E-state index contributed by atoms with van der Waals surface area (Å²) in [6.07, 6.45) is 2.40. The van der Waals surface area contributed by atoms with E-state index in [2.05, 4.69) is 6.58 Å². The van der Waals surface area contributed by atoms with Crippen molar-refractivity contribution < 1.29 is 19.1 Å². The lowest BCUT2D eigenvalue weighted by Gasteiger charge is -2.36. The Kier molecular flexibility index (Phi) is 4.98. The van der Waals surface area contributed by atoms with Gasteiger partial charge in [-0.25, -0.2) is 0 Å². The molecule has 2 amide bonds. The minimum Gasteiger partial charge on any atom is -0.461 e. The van der Waals surface area contributed by atoms with Gasteiger partial charge in [-0.3, -0.25) is 19.3 Å². The van der Waals surface area contributed by atoms with Crippen LogP contribution < -0.4 is 0 Å². The monoisotopic (exact) mass is 315 g/mol. The molecule has 1 aromatic rings. The molecule has 0 saturated carbocycles. The van der Waals surface area contributed by atoms with Crippen LogP contribution in [0.3, 0.4) is 0 Å². The van der Waals surface area contributed by atoms with Crippen LogP contribution in [0.2, 0.25) is 0 Å². The molecule has 2 rings (SSSR count). The summed E-state index contributed by atoms with van der Waals surface area (Å²) >= 11 is 0. The van der Waals surface area contributed by atoms with E-state index < -0.39 is 17.3 Å². The van der Waals surface area contributed by atoms with E-state index in [1.165, 1.54) is 13.0 Å². The number of piperidine rings is 1. The van der Waals surface area contributed by atoms with Crippen LogP contribution in [0.4, 0.5) is 0 Å². The molecule has 1 fully saturated rings. The highest BCUT2D eigenvalue weighted by Crippen LogP contribution is 2.33. The predicted molar refractivity (Wildman–Crippen MR) is 85.7 cm³/mol. The molecule has 0 radical (unpaired) electrons. The fraction of sp³-hybridized carbons (Fsp3) is 0.389. The first kappa shape index (κ1) is 16.9. The Morgan fingerprint density at radius 2 is 2.00 bits per heavy atom. The van der Waals surface area contributed by atoms with E-state index >= 15 is 0 Å². The van der Waals surface area contributed by atoms with Crippen molar-refractivity contribution in [2.45, 2.75) is 26.7 Å². The maximum absolute atomic E-state index is 12.7. The smallest absolute Gasteiger partial charge is 0.321 e. The number of carbonyl (C=O) groups is 3. The third kappa shape index (κ3) is 3.33. The summed E-state index contributed by atoms with van der Waals surface area (Å²) in [6.45, 7) is 7.31. The number of benzene rings is 1. The number of hydrogen-bond acceptors (Lipinski definition) is 4. The molecule has 1 saturated heterocycles. The summed E-state index contributed by atoms with van der Waals surface area (Å²) in [5.41, 5.74) is 0.152. The first-order valence-electron chi connectivity index (χ1n) is 7.61. The predicted octanol–water partition coefficient (Wildman–Crippen LogP) is 2.49. The summed E-state index contributed by atoms with van der Waals surface area (Å²) in [5.74, 6) is -1.48. The number of carbonyl (C=O) groups excluding carboxylic acids is 3. The van der Waals surface area contributed by atoms with Gasteiger partial charge in [-0.2, -0.15) is 0 Å². The van der Waals surface area contributed by atoms with Gasteiger partial charge in [-0.15, -0.1) is 0 Å². The highest BCUT2D eigenvalue weighted by atomic mass is 16.5. The summed E-state index contributed by atoms with van der Waals surface area (Å²) in [7, 11) is 0. The Labute approximate surface area is 135 Å². The van der Waals surface area contributed by atoms with Crippen molar-refractivity contribution in [1.29, 1.82) is 0 Å². The van der Waals surface area contributed by atoms with Gasteiger partial charge in [0, 0.05) is 12.1 Å². The average Bonchev–Trinajstić information content (AvgIpc) is 2.55. The number of amides is 2. The maximum Gasteiger partial charge on any atom is 0.321 e. The van der Waals surface area contributed by atoms with Gasteiger partial charge in [0.1, 0.15) is 12.0 Å². The minimum atomic E-state index is -1.32. The van der Waals surface area contributed by atoms with Gasteiger partial charge in [0.15, 0.2) is 0 Å². The molecule has 1 aliphatic rings. The summed E-state index contributed by atoms with van der Waals surface area (Å²) in [6, 6.07) is 7.01. The van der Waals surface area contributed by atoms with Crippen molar-refractivity contribution in [2.24, 2.45) is 5.41 Å². The maximum atomic E-state index is 12.7. The number of ether oxygens (including phenoxy) is 1. The van der Waals surface area contributed by atoms with Crippen LogP contribution in [-0.4, -0.2) is 35.8 Å². The van der Waals surface area contributed by atoms with Crippen LogP contribution in [-0.2, 0) is 14.3 Å². The molecule has 1 unspecified atom stereocenters. The van der Waals surface area contributed by atoms with Gasteiger partial charge < -0.3 is 4.74 Å². The van der Waals surface area contributed by atoms with E-state index in [0.29, 0.717) is 24.9 Å². The zero-order chi connectivity index (χ0) is 17.0. The number of esters is 1. The zero-order valence-electron chi connectivity index (χ0n) is 13.5. The van der Waals surface area contributed by atoms with Crippen LogP contribution in [0.15, 0.2) is 36.9 Å². The summed E-state index contributed by atoms with van der Waals surface area (Å²) in [4.78, 5) is 38.7. The van der Waals surface area contributed by atoms with Gasteiger partial charge in [0.05, 0.1) is 0 Å². The molecular formula is C18H21NO4. The molecule has 0 N–H and O–H groups in total. The molecular weight excluding hydrogens is 294 g/mol. The molecule has 0 aliphatic carbocycles. The molecule has 0 bridgehead atoms. The Morgan fingerprint density at radius 1 is 1.35 bits per heavy atom. The van der Waals surface area contributed by atoms with Gasteiger partial charge in [0.25, 0.3) is 5.91 Å². The second kappa shape index (κ2) is 6.77. The average molecular weight is 315 g/mol. The Bertz CT molecular complexity index is 635. The highest BCUT2D eigenvalue weighted by molar-refractivity contribution is 6.12. The lowest BCUT2D eigenvalue weighted by atomic mass is 9.80. The third-order valence-electron chi connectivity index (χ3n) is 4.10. The number of nitrogens with zero attached hydrogens (tertiary/aromatic N) is 1. The van der Waals surface area contributed by atoms with E-state index in [-0.39, 0.29) is 12.5 Å². The van der Waals surface area contributed by atoms with Gasteiger partial charge in [0.2, 0.25) is 5.91 Å². The normalized spacial score (nSPS) is 21.0. The molecule has 5 heteroatoms. The molecule has 1 aromatic carbocycles. The van der Waals surface area contributed by atoms with Crippen LogP contribution >= 0.6 is 0 Å².